The van der Waals surface area contributed by atoms with Crippen LogP contribution in [-0.4, -0.2) is 48.9 Å². The molecule has 126 valence electrons. The van der Waals surface area contributed by atoms with E-state index in [0.29, 0.717) is 37.9 Å². The predicted octanol–water partition coefficient (Wildman–Crippen LogP) is 2.74. The minimum absolute atomic E-state index is 0.0177. The van der Waals surface area contributed by atoms with E-state index in [4.69, 9.17) is 21.1 Å². The Bertz CT molecular complexity index is 587. The van der Waals surface area contributed by atoms with Gasteiger partial charge < -0.3 is 19.7 Å². The predicted molar refractivity (Wildman–Crippen MR) is 88.7 cm³/mol. The topological polar surface area (TPSA) is 50.8 Å². The van der Waals surface area contributed by atoms with Crippen molar-refractivity contribution in [3.8, 4) is 0 Å². The van der Waals surface area contributed by atoms with E-state index in [-0.39, 0.29) is 17.7 Å². The molecule has 0 saturated carbocycles. The van der Waals surface area contributed by atoms with Crippen LogP contribution >= 0.6 is 11.6 Å². The minimum atomic E-state index is -0.332. The Balaban J connectivity index is 1.62. The van der Waals surface area contributed by atoms with Crippen LogP contribution in [-0.2, 0) is 16.0 Å². The van der Waals surface area contributed by atoms with Crippen molar-refractivity contribution in [2.75, 3.05) is 26.3 Å². The van der Waals surface area contributed by atoms with Gasteiger partial charge in [-0.1, -0.05) is 17.7 Å². The van der Waals surface area contributed by atoms with E-state index in [1.54, 1.807) is 0 Å². The Morgan fingerprint density at radius 2 is 2.35 bits per heavy atom. The normalized spacial score (nSPS) is 27.4. The first-order valence-electron chi connectivity index (χ1n) is 8.01. The van der Waals surface area contributed by atoms with Gasteiger partial charge >= 0.3 is 6.03 Å². The second kappa shape index (κ2) is 6.67. The number of morpholine rings is 1. The first-order chi connectivity index (χ1) is 11.0. The van der Waals surface area contributed by atoms with Crippen molar-refractivity contribution >= 4 is 17.6 Å². The molecule has 0 aromatic heterocycles. The fourth-order valence-corrected chi connectivity index (χ4v) is 3.49. The lowest BCUT2D eigenvalue weighted by Gasteiger charge is -2.42. The van der Waals surface area contributed by atoms with Crippen molar-refractivity contribution in [3.63, 3.8) is 0 Å². The maximum Gasteiger partial charge on any atom is 0.317 e. The molecule has 1 aromatic carbocycles. The molecule has 2 atom stereocenters. The summed E-state index contributed by atoms with van der Waals surface area (Å²) in [6, 6.07) is 5.65. The lowest BCUT2D eigenvalue weighted by molar-refractivity contribution is -0.137. The zero-order chi connectivity index (χ0) is 16.4. The van der Waals surface area contributed by atoms with Gasteiger partial charge in [0.2, 0.25) is 0 Å². The molecule has 3 rings (SSSR count). The quantitative estimate of drug-likeness (QED) is 0.902. The number of nitrogens with one attached hydrogen (secondary N) is 1. The summed E-state index contributed by atoms with van der Waals surface area (Å²) in [6.45, 7) is 6.93. The summed E-state index contributed by atoms with van der Waals surface area (Å²) in [6.07, 6.45) is 0.859. The van der Waals surface area contributed by atoms with Gasteiger partial charge in [-0.05, 0) is 37.1 Å². The fourth-order valence-electron chi connectivity index (χ4n) is 3.30. The van der Waals surface area contributed by atoms with Gasteiger partial charge in [0.15, 0.2) is 0 Å². The van der Waals surface area contributed by atoms with E-state index in [1.165, 1.54) is 0 Å². The summed E-state index contributed by atoms with van der Waals surface area (Å²) >= 11 is 6.03. The Kier molecular flexibility index (Phi) is 4.80. The lowest BCUT2D eigenvalue weighted by atomic mass is 9.99. The summed E-state index contributed by atoms with van der Waals surface area (Å²) in [5.74, 6) is 0. The number of ether oxygens (including phenoxy) is 2. The highest BCUT2D eigenvalue weighted by atomic mass is 35.5. The molecule has 2 heterocycles. The molecule has 2 unspecified atom stereocenters. The van der Waals surface area contributed by atoms with Crippen LogP contribution in [0.4, 0.5) is 4.79 Å². The molecule has 1 aromatic rings. The first kappa shape index (κ1) is 16.6. The SMILES string of the molecule is Cc1ccc(Cl)cc1CNC(=O)N1CC(C)OC2(CCOC2)C1. The number of hydrogen-bond acceptors (Lipinski definition) is 3. The number of aryl methyl sites for hydroxylation is 1. The molecule has 23 heavy (non-hydrogen) atoms. The Labute approximate surface area is 141 Å². The van der Waals surface area contributed by atoms with Crippen LogP contribution in [0.5, 0.6) is 0 Å². The van der Waals surface area contributed by atoms with Gasteiger partial charge in [0.05, 0.1) is 19.3 Å². The first-order valence-corrected chi connectivity index (χ1v) is 8.39. The highest BCUT2D eigenvalue weighted by Gasteiger charge is 2.43. The van der Waals surface area contributed by atoms with Gasteiger partial charge in [-0.15, -0.1) is 0 Å². The van der Waals surface area contributed by atoms with E-state index in [1.807, 2.05) is 36.9 Å². The highest BCUT2D eigenvalue weighted by Crippen LogP contribution is 2.30. The van der Waals surface area contributed by atoms with E-state index < -0.39 is 0 Å². The molecule has 2 amide bonds. The summed E-state index contributed by atoms with van der Waals surface area (Å²) in [7, 11) is 0. The second-order valence-corrected chi connectivity index (χ2v) is 6.96. The number of amides is 2. The summed E-state index contributed by atoms with van der Waals surface area (Å²) in [5.41, 5.74) is 1.82. The zero-order valence-corrected chi connectivity index (χ0v) is 14.4. The smallest absolute Gasteiger partial charge is 0.317 e. The molecule has 0 aliphatic carbocycles. The summed E-state index contributed by atoms with van der Waals surface area (Å²) in [5, 5.41) is 3.68. The third-order valence-electron chi connectivity index (χ3n) is 4.50. The van der Waals surface area contributed by atoms with Crippen LogP contribution in [0.3, 0.4) is 0 Å². The number of urea groups is 1. The lowest BCUT2D eigenvalue weighted by Crippen LogP contribution is -2.58. The van der Waals surface area contributed by atoms with E-state index in [2.05, 4.69) is 5.32 Å². The third-order valence-corrected chi connectivity index (χ3v) is 4.74. The maximum atomic E-state index is 12.5. The van der Waals surface area contributed by atoms with Crippen molar-refractivity contribution < 1.29 is 14.3 Å². The zero-order valence-electron chi connectivity index (χ0n) is 13.6. The van der Waals surface area contributed by atoms with Crippen LogP contribution in [0.15, 0.2) is 18.2 Å². The molecule has 2 saturated heterocycles. The number of halogens is 1. The van der Waals surface area contributed by atoms with Crippen molar-refractivity contribution in [3.05, 3.63) is 34.3 Å². The average Bonchev–Trinajstić information content (AvgIpc) is 2.94. The van der Waals surface area contributed by atoms with Crippen molar-refractivity contribution in [2.24, 2.45) is 0 Å². The maximum absolute atomic E-state index is 12.5. The van der Waals surface area contributed by atoms with Gasteiger partial charge in [0.1, 0.15) is 5.60 Å². The van der Waals surface area contributed by atoms with E-state index in [9.17, 15) is 4.79 Å². The molecule has 6 heteroatoms. The van der Waals surface area contributed by atoms with E-state index in [0.717, 1.165) is 17.5 Å². The van der Waals surface area contributed by atoms with Gasteiger partial charge in [0.25, 0.3) is 0 Å². The molecule has 2 fully saturated rings. The number of carbonyl (C=O) groups is 1. The number of benzene rings is 1. The molecule has 0 bridgehead atoms. The molecule has 2 aliphatic heterocycles. The molecule has 2 aliphatic rings. The third kappa shape index (κ3) is 3.79. The standard InChI is InChI=1S/C17H23ClN2O3/c1-12-3-4-15(18)7-14(12)8-19-16(21)20-9-13(2)23-17(10-20)5-6-22-11-17/h3-4,7,13H,5-6,8-11H2,1-2H3,(H,19,21). The largest absolute Gasteiger partial charge is 0.378 e. The Morgan fingerprint density at radius 3 is 3.09 bits per heavy atom. The fraction of sp³-hybridized carbons (Fsp3) is 0.588. The van der Waals surface area contributed by atoms with Crippen LogP contribution in [0.2, 0.25) is 5.02 Å². The van der Waals surface area contributed by atoms with Gasteiger partial charge in [0, 0.05) is 31.1 Å². The van der Waals surface area contributed by atoms with Crippen LogP contribution in [0.25, 0.3) is 0 Å². The minimum Gasteiger partial charge on any atom is -0.378 e. The molecule has 1 N–H and O–H groups in total. The van der Waals surface area contributed by atoms with Crippen LogP contribution in [0.1, 0.15) is 24.5 Å². The van der Waals surface area contributed by atoms with Crippen LogP contribution < -0.4 is 5.32 Å². The van der Waals surface area contributed by atoms with Crippen molar-refractivity contribution in [1.82, 2.24) is 10.2 Å². The molecule has 0 radical (unpaired) electrons. The van der Waals surface area contributed by atoms with Crippen molar-refractivity contribution in [1.29, 1.82) is 0 Å². The second-order valence-electron chi connectivity index (χ2n) is 6.52. The summed E-state index contributed by atoms with van der Waals surface area (Å²) in [4.78, 5) is 14.4. The Hall–Kier alpha value is -1.30. The van der Waals surface area contributed by atoms with Gasteiger partial charge in [-0.2, -0.15) is 0 Å². The van der Waals surface area contributed by atoms with Crippen molar-refractivity contribution in [2.45, 2.75) is 38.5 Å². The Morgan fingerprint density at radius 1 is 1.52 bits per heavy atom. The van der Waals surface area contributed by atoms with Gasteiger partial charge in [-0.25, -0.2) is 4.79 Å². The van der Waals surface area contributed by atoms with E-state index >= 15 is 0 Å². The average molecular weight is 339 g/mol. The summed E-state index contributed by atoms with van der Waals surface area (Å²) < 4.78 is 11.5. The number of rotatable bonds is 2. The molecular formula is C17H23ClN2O3. The number of carbonyl (C=O) groups excluding carboxylic acids is 1. The molecule has 1 spiro atoms. The number of nitrogens with zero attached hydrogens (tertiary/aromatic N) is 1. The monoisotopic (exact) mass is 338 g/mol. The number of hydrogen-bond donors (Lipinski definition) is 1. The van der Waals surface area contributed by atoms with Gasteiger partial charge in [-0.3, -0.25) is 0 Å². The highest BCUT2D eigenvalue weighted by molar-refractivity contribution is 6.30. The molecule has 5 nitrogen and oxygen atoms in total. The molecular weight excluding hydrogens is 316 g/mol. The van der Waals surface area contributed by atoms with Crippen LogP contribution in [0, 0.1) is 6.92 Å².